The summed E-state index contributed by atoms with van der Waals surface area (Å²) in [7, 11) is 0. The number of para-hydroxylation sites is 2. The van der Waals surface area contributed by atoms with Crippen LogP contribution in [0.2, 0.25) is 0 Å². The molecule has 0 radical (unpaired) electrons. The Morgan fingerprint density at radius 1 is 1.33 bits per heavy atom. The summed E-state index contributed by atoms with van der Waals surface area (Å²) in [4.78, 5) is 23.7. The van der Waals surface area contributed by atoms with E-state index in [1.165, 1.54) is 4.68 Å². The lowest BCUT2D eigenvalue weighted by Gasteiger charge is -2.13. The maximum atomic E-state index is 12.0. The number of aromatic nitrogens is 2. The number of rotatable bonds is 6. The van der Waals surface area contributed by atoms with Gasteiger partial charge in [-0.2, -0.15) is 5.10 Å². The van der Waals surface area contributed by atoms with Gasteiger partial charge in [-0.05, 0) is 25.1 Å². The van der Waals surface area contributed by atoms with Crippen molar-refractivity contribution in [3.8, 4) is 5.69 Å². The van der Waals surface area contributed by atoms with Gasteiger partial charge >= 0.3 is 5.97 Å². The predicted octanol–water partition coefficient (Wildman–Crippen LogP) is 2.00. The minimum absolute atomic E-state index is 0. The molecule has 1 unspecified atom stereocenters. The van der Waals surface area contributed by atoms with E-state index < -0.39 is 5.97 Å². The molecule has 0 saturated heterocycles. The summed E-state index contributed by atoms with van der Waals surface area (Å²) in [5.74, 6) is -0.946. The number of ether oxygens (including phenoxy) is 1. The summed E-state index contributed by atoms with van der Waals surface area (Å²) in [5.41, 5.74) is 6.97. The molecule has 3 N–H and O–H groups in total. The number of anilines is 1. The van der Waals surface area contributed by atoms with Crippen LogP contribution in [0.5, 0.6) is 0 Å². The van der Waals surface area contributed by atoms with Gasteiger partial charge in [0.15, 0.2) is 5.69 Å². The minimum atomic E-state index is -0.482. The van der Waals surface area contributed by atoms with Crippen LogP contribution in [0.15, 0.2) is 36.5 Å². The van der Waals surface area contributed by atoms with Gasteiger partial charge in [-0.3, -0.25) is 4.79 Å². The average Bonchev–Trinajstić information content (AvgIpc) is 3.04. The van der Waals surface area contributed by atoms with Gasteiger partial charge in [0.25, 0.3) is 0 Å². The van der Waals surface area contributed by atoms with Crippen LogP contribution in [-0.4, -0.2) is 34.8 Å². The fourth-order valence-electron chi connectivity index (χ4n) is 1.91. The minimum Gasteiger partial charge on any atom is -0.461 e. The largest absolute Gasteiger partial charge is 0.461 e. The summed E-state index contributed by atoms with van der Waals surface area (Å²) in [6, 6.07) is 8.76. The summed E-state index contributed by atoms with van der Waals surface area (Å²) in [6.45, 7) is 4.04. The molecule has 1 heterocycles. The standard InChI is InChI=1S/C16H20N4O3.ClH/c1-3-23-16(22)13-8-9-20(19-13)14-7-5-4-6-12(14)18-15(21)11(2)10-17;/h4-9,11H,3,10,17H2,1-2H3,(H,18,21);1H. The lowest BCUT2D eigenvalue weighted by Crippen LogP contribution is -2.27. The van der Waals surface area contributed by atoms with E-state index in [2.05, 4.69) is 10.4 Å². The molecule has 0 aliphatic carbocycles. The first-order valence-electron chi connectivity index (χ1n) is 7.40. The quantitative estimate of drug-likeness (QED) is 0.775. The summed E-state index contributed by atoms with van der Waals surface area (Å²) in [6.07, 6.45) is 1.64. The number of hydrogen-bond acceptors (Lipinski definition) is 5. The molecular weight excluding hydrogens is 332 g/mol. The number of halogens is 1. The molecule has 2 aromatic rings. The number of carbonyl (C=O) groups is 2. The molecular formula is C16H21ClN4O3. The molecule has 0 fully saturated rings. The third-order valence-corrected chi connectivity index (χ3v) is 3.28. The van der Waals surface area contributed by atoms with Crippen molar-refractivity contribution in [1.82, 2.24) is 9.78 Å². The van der Waals surface area contributed by atoms with E-state index in [-0.39, 0.29) is 43.1 Å². The van der Waals surface area contributed by atoms with Crippen LogP contribution in [0.3, 0.4) is 0 Å². The molecule has 7 nitrogen and oxygen atoms in total. The molecule has 1 amide bonds. The zero-order chi connectivity index (χ0) is 16.8. The van der Waals surface area contributed by atoms with Gasteiger partial charge in [0.1, 0.15) is 0 Å². The Balaban J connectivity index is 0.00000288. The van der Waals surface area contributed by atoms with Crippen molar-refractivity contribution >= 4 is 30.0 Å². The second-order valence-corrected chi connectivity index (χ2v) is 5.01. The van der Waals surface area contributed by atoms with Crippen LogP contribution in [0.25, 0.3) is 5.69 Å². The molecule has 2 rings (SSSR count). The maximum absolute atomic E-state index is 12.0. The fraction of sp³-hybridized carbons (Fsp3) is 0.312. The van der Waals surface area contributed by atoms with Crippen molar-refractivity contribution in [3.05, 3.63) is 42.2 Å². The monoisotopic (exact) mass is 352 g/mol. The van der Waals surface area contributed by atoms with E-state index >= 15 is 0 Å². The summed E-state index contributed by atoms with van der Waals surface area (Å²) < 4.78 is 6.44. The SMILES string of the molecule is CCOC(=O)c1ccn(-c2ccccc2NC(=O)C(C)CN)n1.Cl. The molecule has 0 aliphatic heterocycles. The van der Waals surface area contributed by atoms with Gasteiger partial charge < -0.3 is 15.8 Å². The van der Waals surface area contributed by atoms with Gasteiger partial charge in [0.05, 0.1) is 18.0 Å². The highest BCUT2D eigenvalue weighted by molar-refractivity contribution is 5.94. The van der Waals surface area contributed by atoms with Crippen molar-refractivity contribution in [3.63, 3.8) is 0 Å². The summed E-state index contributed by atoms with van der Waals surface area (Å²) in [5, 5.41) is 7.03. The average molecular weight is 353 g/mol. The van der Waals surface area contributed by atoms with E-state index in [0.29, 0.717) is 11.4 Å². The van der Waals surface area contributed by atoms with Crippen LogP contribution in [0.1, 0.15) is 24.3 Å². The topological polar surface area (TPSA) is 99.2 Å². The van der Waals surface area contributed by atoms with Crippen molar-refractivity contribution in [2.45, 2.75) is 13.8 Å². The Morgan fingerprint density at radius 2 is 2.04 bits per heavy atom. The number of nitrogens with zero attached hydrogens (tertiary/aromatic N) is 2. The molecule has 0 bridgehead atoms. The molecule has 130 valence electrons. The van der Waals surface area contributed by atoms with Gasteiger partial charge in [0, 0.05) is 18.7 Å². The third kappa shape index (κ3) is 4.56. The first kappa shape index (κ1) is 19.7. The number of amides is 1. The highest BCUT2D eigenvalue weighted by Gasteiger charge is 2.15. The molecule has 24 heavy (non-hydrogen) atoms. The van der Waals surface area contributed by atoms with Crippen LogP contribution < -0.4 is 11.1 Å². The Kier molecular flexibility index (Phi) is 7.41. The van der Waals surface area contributed by atoms with Crippen LogP contribution in [-0.2, 0) is 9.53 Å². The third-order valence-electron chi connectivity index (χ3n) is 3.28. The Hall–Kier alpha value is -2.38. The van der Waals surface area contributed by atoms with Crippen molar-refractivity contribution in [2.75, 3.05) is 18.5 Å². The number of benzene rings is 1. The fourth-order valence-corrected chi connectivity index (χ4v) is 1.91. The Bertz CT molecular complexity index is 702. The van der Waals surface area contributed by atoms with Gasteiger partial charge in [-0.1, -0.05) is 19.1 Å². The van der Waals surface area contributed by atoms with Crippen molar-refractivity contribution < 1.29 is 14.3 Å². The number of carbonyl (C=O) groups excluding carboxylic acids is 2. The van der Waals surface area contributed by atoms with Crippen LogP contribution >= 0.6 is 12.4 Å². The van der Waals surface area contributed by atoms with Crippen molar-refractivity contribution in [1.29, 1.82) is 0 Å². The van der Waals surface area contributed by atoms with E-state index in [9.17, 15) is 9.59 Å². The van der Waals surface area contributed by atoms with Gasteiger partial charge in [-0.25, -0.2) is 9.48 Å². The highest BCUT2D eigenvalue weighted by Crippen LogP contribution is 2.20. The normalized spacial score (nSPS) is 11.3. The molecule has 1 aromatic heterocycles. The number of nitrogens with two attached hydrogens (primary N) is 1. The van der Waals surface area contributed by atoms with Crippen molar-refractivity contribution in [2.24, 2.45) is 11.7 Å². The lowest BCUT2D eigenvalue weighted by molar-refractivity contribution is -0.119. The zero-order valence-electron chi connectivity index (χ0n) is 13.6. The van der Waals surface area contributed by atoms with E-state index in [0.717, 1.165) is 0 Å². The number of nitrogens with one attached hydrogen (secondary N) is 1. The molecule has 8 heteroatoms. The Labute approximate surface area is 146 Å². The molecule has 1 aromatic carbocycles. The van der Waals surface area contributed by atoms with E-state index in [1.807, 2.05) is 12.1 Å². The molecule has 0 aliphatic rings. The maximum Gasteiger partial charge on any atom is 0.358 e. The van der Waals surface area contributed by atoms with E-state index in [1.54, 1.807) is 38.2 Å². The highest BCUT2D eigenvalue weighted by atomic mass is 35.5. The second kappa shape index (κ2) is 9.05. The van der Waals surface area contributed by atoms with Crippen LogP contribution in [0.4, 0.5) is 5.69 Å². The smallest absolute Gasteiger partial charge is 0.358 e. The first-order valence-corrected chi connectivity index (χ1v) is 7.40. The molecule has 0 spiro atoms. The number of hydrogen-bond donors (Lipinski definition) is 2. The molecule has 1 atom stereocenters. The lowest BCUT2D eigenvalue weighted by atomic mass is 10.1. The van der Waals surface area contributed by atoms with Crippen LogP contribution in [0, 0.1) is 5.92 Å². The predicted molar refractivity (Wildman–Crippen MR) is 93.6 cm³/mol. The summed E-state index contributed by atoms with van der Waals surface area (Å²) >= 11 is 0. The van der Waals surface area contributed by atoms with Gasteiger partial charge in [0.2, 0.25) is 5.91 Å². The Morgan fingerprint density at radius 3 is 2.71 bits per heavy atom. The zero-order valence-corrected chi connectivity index (χ0v) is 14.4. The van der Waals surface area contributed by atoms with Gasteiger partial charge in [-0.15, -0.1) is 12.4 Å². The second-order valence-electron chi connectivity index (χ2n) is 5.01. The molecule has 0 saturated carbocycles. The van der Waals surface area contributed by atoms with E-state index in [4.69, 9.17) is 10.5 Å². The first-order chi connectivity index (χ1) is 11.1. The number of esters is 1.